The first-order valence-corrected chi connectivity index (χ1v) is 34.7. The molecule has 8 aliphatic rings. The number of hydrogen-bond acceptors (Lipinski definition) is 21. The lowest BCUT2D eigenvalue weighted by molar-refractivity contribution is -0.439. The van der Waals surface area contributed by atoms with E-state index in [-0.39, 0.29) is 52.9 Å². The Morgan fingerprint density at radius 1 is 0.257 bits per heavy atom. The van der Waals surface area contributed by atoms with Gasteiger partial charge in [-0.05, 0) is 22.3 Å². The van der Waals surface area contributed by atoms with Gasteiger partial charge in [-0.15, -0.1) is 0 Å². The molecule has 8 saturated heterocycles. The first-order chi connectivity index (χ1) is 49.9. The summed E-state index contributed by atoms with van der Waals surface area (Å²) in [5, 5.41) is 25.7. The van der Waals surface area contributed by atoms with Gasteiger partial charge in [0.2, 0.25) is 0 Å². The molecule has 16 rings (SSSR count). The zero-order valence-corrected chi connectivity index (χ0v) is 55.3. The van der Waals surface area contributed by atoms with E-state index < -0.39 is 148 Å². The molecule has 0 aromatic heterocycles. The fourth-order valence-corrected chi connectivity index (χ4v) is 14.4. The molecule has 0 radical (unpaired) electrons. The second kappa shape index (κ2) is 32.3. The van der Waals surface area contributed by atoms with Crippen molar-refractivity contribution in [2.24, 2.45) is 0 Å². The maximum Gasteiger partial charge on any atom is 0.187 e. The maximum absolute atomic E-state index is 13.2. The summed E-state index contributed by atoms with van der Waals surface area (Å²) in [5.74, 6) is 0. The third-order valence-electron chi connectivity index (χ3n) is 19.5. The molecule has 2 N–H and O–H groups in total. The average molecular weight is 1380 g/mol. The summed E-state index contributed by atoms with van der Waals surface area (Å²) in [6.07, 6.45) is -26.5. The molecular formula is C80H82O21. The molecule has 8 aliphatic heterocycles. The second-order valence-corrected chi connectivity index (χ2v) is 26.2. The van der Waals surface area contributed by atoms with E-state index >= 15 is 0 Å². The second-order valence-electron chi connectivity index (χ2n) is 26.2. The lowest BCUT2D eigenvalue weighted by atomic mass is 9.94. The molecule has 8 aromatic rings. The van der Waals surface area contributed by atoms with Crippen LogP contribution in [0.1, 0.15) is 69.7 Å². The van der Waals surface area contributed by atoms with Crippen LogP contribution in [0, 0.1) is 0 Å². The Hall–Kier alpha value is -7.08. The largest absolute Gasteiger partial charge is 0.385 e. The van der Waals surface area contributed by atoms with E-state index in [1.165, 1.54) is 0 Å². The van der Waals surface area contributed by atoms with Gasteiger partial charge in [0.05, 0.1) is 52.9 Å². The monoisotopic (exact) mass is 1380 g/mol. The van der Waals surface area contributed by atoms with Crippen molar-refractivity contribution in [3.8, 4) is 0 Å². The zero-order valence-electron chi connectivity index (χ0n) is 55.3. The van der Waals surface area contributed by atoms with Gasteiger partial charge in [0.25, 0.3) is 0 Å². The van der Waals surface area contributed by atoms with E-state index in [0.717, 1.165) is 44.5 Å². The van der Waals surface area contributed by atoms with E-state index in [0.29, 0.717) is 0 Å². The summed E-state index contributed by atoms with van der Waals surface area (Å²) < 4.78 is 132. The highest BCUT2D eigenvalue weighted by molar-refractivity contribution is 5.23. The van der Waals surface area contributed by atoms with Gasteiger partial charge in [0, 0.05) is 22.3 Å². The van der Waals surface area contributed by atoms with Crippen LogP contribution in [0.25, 0.3) is 0 Å². The van der Waals surface area contributed by atoms with Gasteiger partial charge in [0.15, 0.2) is 50.3 Å². The van der Waals surface area contributed by atoms with Crippen LogP contribution in [0.5, 0.6) is 0 Å². The molecule has 101 heavy (non-hydrogen) atoms. The van der Waals surface area contributed by atoms with Crippen LogP contribution in [0.4, 0.5) is 0 Å². The number of ether oxygens (including phenoxy) is 19. The Morgan fingerprint density at radius 2 is 0.505 bits per heavy atom. The first-order valence-electron chi connectivity index (χ1n) is 34.7. The van der Waals surface area contributed by atoms with Gasteiger partial charge in [-0.1, -0.05) is 243 Å². The molecule has 21 heteroatoms. The fourth-order valence-electron chi connectivity index (χ4n) is 14.4. The fraction of sp³-hybridized carbons (Fsp3) is 0.400. The molecule has 0 aliphatic carbocycles. The van der Waals surface area contributed by atoms with Crippen molar-refractivity contribution in [3.05, 3.63) is 287 Å². The summed E-state index contributed by atoms with van der Waals surface area (Å²) >= 11 is 0. The van der Waals surface area contributed by atoms with E-state index in [1.54, 1.807) is 0 Å². The van der Waals surface area contributed by atoms with Crippen molar-refractivity contribution in [2.75, 3.05) is 26.4 Å². The summed E-state index contributed by atoms with van der Waals surface area (Å²) in [4.78, 5) is 0. The number of hydrogen-bond donors (Lipinski definition) is 2. The highest BCUT2D eigenvalue weighted by Gasteiger charge is 2.61. The molecule has 8 aromatic carbocycles. The Morgan fingerprint density at radius 3 is 0.832 bits per heavy atom. The van der Waals surface area contributed by atoms with Crippen LogP contribution >= 0.6 is 0 Å². The number of aliphatic hydroxyl groups is 2. The molecule has 0 bridgehead atoms. The minimum absolute atomic E-state index is 0.00217. The van der Waals surface area contributed by atoms with Crippen LogP contribution in [0.2, 0.25) is 0 Å². The van der Waals surface area contributed by atoms with Crippen molar-refractivity contribution < 1.29 is 100 Å². The Balaban J connectivity index is 0.800. The lowest BCUT2D eigenvalue weighted by Gasteiger charge is -2.54. The normalized spacial score (nSPS) is 35.4. The van der Waals surface area contributed by atoms with E-state index in [9.17, 15) is 10.2 Å². The maximum atomic E-state index is 13.2. The number of fused-ring (bicyclic) bond motifs is 4. The summed E-state index contributed by atoms with van der Waals surface area (Å²) in [7, 11) is 0. The number of rotatable bonds is 22. The van der Waals surface area contributed by atoms with E-state index in [4.69, 9.17) is 90.0 Å². The van der Waals surface area contributed by atoms with Crippen molar-refractivity contribution in [2.45, 2.75) is 174 Å². The van der Waals surface area contributed by atoms with Crippen LogP contribution in [0.15, 0.2) is 243 Å². The highest BCUT2D eigenvalue weighted by atomic mass is 16.8. The van der Waals surface area contributed by atoms with Crippen LogP contribution in [-0.4, -0.2) is 159 Å². The summed E-state index contributed by atoms with van der Waals surface area (Å²) in [6, 6.07) is 77.2. The number of aliphatic hydroxyl groups excluding tert-OH is 2. The van der Waals surface area contributed by atoms with Crippen molar-refractivity contribution in [1.82, 2.24) is 0 Å². The average Bonchev–Trinajstić information content (AvgIpc) is 0.753. The molecule has 8 fully saturated rings. The Kier molecular flexibility index (Phi) is 21.9. The Bertz CT molecular complexity index is 3810. The predicted octanol–water partition coefficient (Wildman–Crippen LogP) is 10.2. The third kappa shape index (κ3) is 15.7. The molecule has 5 unspecified atom stereocenters. The van der Waals surface area contributed by atoms with Crippen molar-refractivity contribution in [3.63, 3.8) is 0 Å². The molecule has 0 spiro atoms. The van der Waals surface area contributed by atoms with Crippen LogP contribution < -0.4 is 0 Å². The van der Waals surface area contributed by atoms with Crippen LogP contribution in [0.3, 0.4) is 0 Å². The van der Waals surface area contributed by atoms with E-state index in [1.807, 2.05) is 243 Å². The van der Waals surface area contributed by atoms with Gasteiger partial charge in [-0.25, -0.2) is 0 Å². The van der Waals surface area contributed by atoms with Gasteiger partial charge >= 0.3 is 0 Å². The minimum Gasteiger partial charge on any atom is -0.385 e. The molecule has 8 heterocycles. The van der Waals surface area contributed by atoms with Gasteiger partial charge in [-0.2, -0.15) is 0 Å². The molecule has 0 amide bonds. The highest BCUT2D eigenvalue weighted by Crippen LogP contribution is 2.46. The molecule has 528 valence electrons. The molecule has 24 atom stereocenters. The number of benzene rings is 8. The summed E-state index contributed by atoms with van der Waals surface area (Å²) in [5.41, 5.74) is 6.48. The van der Waals surface area contributed by atoms with Crippen LogP contribution in [-0.2, 0) is 116 Å². The zero-order chi connectivity index (χ0) is 67.9. The SMILES string of the molecule is OC1O[C@@H]2COC(c3ccccc3)O[C@H]2[C@H](OCc2ccccc2)[C@@H]1O[C@@H]1O[C@@H]2COC(c3ccccc3)O[C@H]2[C@H](OCc2ccccc2)[C@@H]1O[C@@H]1O[C@@H]2COC(c3ccccc3)O[C@H]2[C@H](OCc2ccccc2)[C@@H]1O[C@@H]1O[C@@H]2COC(c3ccccc3)O[C@H]2[C@H](OCc2ccccc2)[C@@H]1O. The molecule has 21 nitrogen and oxygen atoms in total. The quantitative estimate of drug-likeness (QED) is 0.0645. The van der Waals surface area contributed by atoms with Gasteiger partial charge in [-0.3, -0.25) is 0 Å². The minimum atomic E-state index is -1.65. The lowest BCUT2D eigenvalue weighted by Crippen LogP contribution is -2.70. The standard InChI is InChI=1S/C80H82O21/c81-61-66(83-41-49-25-9-1-10-26-49)62-58(46-88-74(95-62)53-33-17-5-18-34-53)92-78(61)100-71-68(85-43-51-29-13-3-14-30-51)64-60(48-90-76(97-64)55-37-21-7-22-38-55)94-80(71)101-72-69(86-44-52-31-15-4-16-32-52)65-59(47-89-77(98-65)56-39-23-8-24-40-56)93-79(72)99-70-67(84-42-50-27-11-2-12-28-50)63-57(91-73(70)82)45-87-75(96-63)54-35-19-6-20-36-54/h1-40,57-82H,41-48H2/t57-,58-,59-,60-,61+,62-,63-,64-,65-,66-,67+,68+,69+,70+,71+,72+,73?,74?,75?,76?,77?,78+,79+,80+/m1/s1. The van der Waals surface area contributed by atoms with Gasteiger partial charge in [0.1, 0.15) is 97.7 Å². The van der Waals surface area contributed by atoms with Crippen molar-refractivity contribution >= 4 is 0 Å². The molecular weight excluding hydrogens is 1300 g/mol. The summed E-state index contributed by atoms with van der Waals surface area (Å²) in [6.45, 7) is 0.446. The van der Waals surface area contributed by atoms with Crippen molar-refractivity contribution in [1.29, 1.82) is 0 Å². The topological polar surface area (TPSA) is 216 Å². The smallest absolute Gasteiger partial charge is 0.187 e. The Labute approximate surface area is 585 Å². The van der Waals surface area contributed by atoms with E-state index in [2.05, 4.69) is 0 Å². The molecule has 0 saturated carbocycles. The first kappa shape index (κ1) is 68.4. The third-order valence-corrected chi connectivity index (χ3v) is 19.5. The predicted molar refractivity (Wildman–Crippen MR) is 358 cm³/mol. The van der Waals surface area contributed by atoms with Gasteiger partial charge < -0.3 is 100 Å².